The van der Waals surface area contributed by atoms with E-state index in [1.54, 1.807) is 6.07 Å². The van der Waals surface area contributed by atoms with Gasteiger partial charge in [0, 0.05) is 30.0 Å². The molecule has 5 rings (SSSR count). The van der Waals surface area contributed by atoms with E-state index < -0.39 is 38.2 Å². The smallest absolute Gasteiger partial charge is 0.189 e. The van der Waals surface area contributed by atoms with Gasteiger partial charge in [-0.2, -0.15) is 0 Å². The van der Waals surface area contributed by atoms with Crippen LogP contribution in [0, 0.1) is 17.6 Å². The molecular weight excluding hydrogens is 464 g/mol. The third-order valence-electron chi connectivity index (χ3n) is 6.25. The van der Waals surface area contributed by atoms with Gasteiger partial charge >= 0.3 is 0 Å². The number of nitrogens with zero attached hydrogens (tertiary/aromatic N) is 1. The Labute approximate surface area is 188 Å². The lowest BCUT2D eigenvalue weighted by Gasteiger charge is -2.50. The minimum absolute atomic E-state index is 0.0290. The number of rotatable bonds is 4. The third kappa shape index (κ3) is 3.14. The van der Waals surface area contributed by atoms with E-state index in [1.165, 1.54) is 30.5 Å². The van der Waals surface area contributed by atoms with E-state index in [9.17, 15) is 12.8 Å². The topological polar surface area (TPSA) is 78.6 Å². The Kier molecular flexibility index (Phi) is 5.22. The fourth-order valence-electron chi connectivity index (χ4n) is 4.80. The number of ether oxygens (including phenoxy) is 2. The first kappa shape index (κ1) is 21.4. The molecule has 0 aliphatic carbocycles. The van der Waals surface area contributed by atoms with Gasteiger partial charge in [-0.15, -0.1) is 0 Å². The van der Waals surface area contributed by atoms with Crippen molar-refractivity contribution in [2.24, 2.45) is 5.92 Å². The number of sulfone groups is 1. The second kappa shape index (κ2) is 7.83. The van der Waals surface area contributed by atoms with Gasteiger partial charge in [0.05, 0.1) is 28.9 Å². The van der Waals surface area contributed by atoms with Gasteiger partial charge in [-0.05, 0) is 42.8 Å². The summed E-state index contributed by atoms with van der Waals surface area (Å²) in [5.74, 6) is -2.85. The molecule has 0 radical (unpaired) electrons. The summed E-state index contributed by atoms with van der Waals surface area (Å²) >= 11 is 5.95. The lowest BCUT2D eigenvalue weighted by Crippen LogP contribution is -2.58. The second-order valence-corrected chi connectivity index (χ2v) is 10.5. The second-order valence-electron chi connectivity index (χ2n) is 7.85. The maximum atomic E-state index is 15.3. The summed E-state index contributed by atoms with van der Waals surface area (Å²) in [6.07, 6.45) is 0.896. The van der Waals surface area contributed by atoms with Crippen LogP contribution in [0.2, 0.25) is 5.02 Å². The molecule has 0 amide bonds. The van der Waals surface area contributed by atoms with E-state index in [-0.39, 0.29) is 42.3 Å². The van der Waals surface area contributed by atoms with Crippen LogP contribution in [-0.4, -0.2) is 32.9 Å². The summed E-state index contributed by atoms with van der Waals surface area (Å²) < 4.78 is 72.9. The predicted molar refractivity (Wildman–Crippen MR) is 110 cm³/mol. The van der Waals surface area contributed by atoms with Crippen LogP contribution in [0.1, 0.15) is 17.7 Å². The van der Waals surface area contributed by atoms with Gasteiger partial charge in [0.25, 0.3) is 0 Å². The van der Waals surface area contributed by atoms with Crippen molar-refractivity contribution < 1.29 is 31.2 Å². The number of halogens is 3. The van der Waals surface area contributed by atoms with Crippen LogP contribution in [-0.2, 0) is 25.7 Å². The number of fused-ring (bicyclic) bond motifs is 3. The van der Waals surface area contributed by atoms with E-state index >= 15 is 4.39 Å². The van der Waals surface area contributed by atoms with Crippen molar-refractivity contribution in [2.75, 3.05) is 13.2 Å². The zero-order valence-electron chi connectivity index (χ0n) is 16.6. The van der Waals surface area contributed by atoms with Crippen molar-refractivity contribution in [2.45, 2.75) is 28.6 Å². The number of aromatic nitrogens is 1. The molecule has 2 aliphatic rings. The van der Waals surface area contributed by atoms with Crippen molar-refractivity contribution in [3.63, 3.8) is 0 Å². The Morgan fingerprint density at radius 3 is 2.56 bits per heavy atom. The van der Waals surface area contributed by atoms with Crippen LogP contribution >= 0.6 is 11.6 Å². The van der Waals surface area contributed by atoms with Gasteiger partial charge in [-0.1, -0.05) is 16.8 Å². The molecule has 10 heteroatoms. The Balaban J connectivity index is 1.74. The highest BCUT2D eigenvalue weighted by Gasteiger charge is 2.61. The van der Waals surface area contributed by atoms with Crippen LogP contribution in [0.3, 0.4) is 0 Å². The van der Waals surface area contributed by atoms with Gasteiger partial charge in [-0.3, -0.25) is 0 Å². The van der Waals surface area contributed by atoms with E-state index in [0.717, 1.165) is 12.1 Å². The van der Waals surface area contributed by atoms with Crippen molar-refractivity contribution in [3.05, 3.63) is 76.6 Å². The standard InChI is InChI=1S/C22H18ClF2NO5S/c23-13-1-3-15(4-2-13)32(27,28)22-8-10-29-19(11-14-7-9-31-26-14)16(22)12-30-21-18(25)6-5-17(24)20(21)22/h1-7,9,16,19H,8,10-12H2/t16-,19-,22-/m0/s1. The zero-order valence-corrected chi connectivity index (χ0v) is 18.2. The molecule has 1 aromatic heterocycles. The van der Waals surface area contributed by atoms with Crippen LogP contribution in [0.15, 0.2) is 58.1 Å². The molecular formula is C22H18ClF2NO5S. The molecule has 3 heterocycles. The van der Waals surface area contributed by atoms with E-state index in [2.05, 4.69) is 5.16 Å². The predicted octanol–water partition coefficient (Wildman–Crippen LogP) is 4.32. The molecule has 0 spiro atoms. The molecule has 1 fully saturated rings. The van der Waals surface area contributed by atoms with Gasteiger partial charge in [0.1, 0.15) is 16.8 Å². The summed E-state index contributed by atoms with van der Waals surface area (Å²) in [5.41, 5.74) is 0.261. The maximum absolute atomic E-state index is 15.3. The maximum Gasteiger partial charge on any atom is 0.189 e. The van der Waals surface area contributed by atoms with E-state index in [4.69, 9.17) is 25.6 Å². The molecule has 168 valence electrons. The third-order valence-corrected chi connectivity index (χ3v) is 9.06. The highest BCUT2D eigenvalue weighted by Crippen LogP contribution is 2.55. The average molecular weight is 482 g/mol. The quantitative estimate of drug-likeness (QED) is 0.552. The van der Waals surface area contributed by atoms with Crippen LogP contribution in [0.5, 0.6) is 5.75 Å². The Hall–Kier alpha value is -2.49. The van der Waals surface area contributed by atoms with Gasteiger partial charge in [0.15, 0.2) is 21.4 Å². The van der Waals surface area contributed by atoms with E-state index in [0.29, 0.717) is 10.7 Å². The van der Waals surface area contributed by atoms with Gasteiger partial charge < -0.3 is 14.0 Å². The number of benzene rings is 2. The van der Waals surface area contributed by atoms with Crippen LogP contribution < -0.4 is 4.74 Å². The first-order valence-corrected chi connectivity index (χ1v) is 11.8. The van der Waals surface area contributed by atoms with Crippen LogP contribution in [0.25, 0.3) is 0 Å². The normalized spacial score (nSPS) is 25.0. The summed E-state index contributed by atoms with van der Waals surface area (Å²) in [6, 6.07) is 9.16. The van der Waals surface area contributed by atoms with Crippen molar-refractivity contribution in [1.29, 1.82) is 0 Å². The Morgan fingerprint density at radius 1 is 1.09 bits per heavy atom. The number of hydrogen-bond donors (Lipinski definition) is 0. The molecule has 3 atom stereocenters. The summed E-state index contributed by atoms with van der Waals surface area (Å²) in [4.78, 5) is -0.0366. The zero-order chi connectivity index (χ0) is 22.5. The van der Waals surface area contributed by atoms with Crippen molar-refractivity contribution in [3.8, 4) is 5.75 Å². The minimum Gasteiger partial charge on any atom is -0.490 e. The lowest BCUT2D eigenvalue weighted by atomic mass is 9.75. The molecule has 32 heavy (non-hydrogen) atoms. The molecule has 3 aromatic rings. The van der Waals surface area contributed by atoms with Gasteiger partial charge in [-0.25, -0.2) is 17.2 Å². The molecule has 0 unspecified atom stereocenters. The molecule has 6 nitrogen and oxygen atoms in total. The molecule has 2 aromatic carbocycles. The minimum atomic E-state index is -4.23. The molecule has 0 N–H and O–H groups in total. The molecule has 0 bridgehead atoms. The van der Waals surface area contributed by atoms with Crippen molar-refractivity contribution >= 4 is 21.4 Å². The van der Waals surface area contributed by atoms with E-state index in [1.807, 2.05) is 0 Å². The van der Waals surface area contributed by atoms with Crippen LogP contribution in [0.4, 0.5) is 8.78 Å². The monoisotopic (exact) mass is 481 g/mol. The molecule has 2 aliphatic heterocycles. The Bertz CT molecular complexity index is 1250. The van der Waals surface area contributed by atoms with Crippen molar-refractivity contribution in [1.82, 2.24) is 5.16 Å². The molecule has 1 saturated heterocycles. The summed E-state index contributed by atoms with van der Waals surface area (Å²) in [7, 11) is -4.23. The first-order valence-electron chi connectivity index (χ1n) is 9.97. The van der Waals surface area contributed by atoms with Gasteiger partial charge in [0.2, 0.25) is 0 Å². The lowest BCUT2D eigenvalue weighted by molar-refractivity contribution is -0.0723. The largest absolute Gasteiger partial charge is 0.490 e. The number of hydrogen-bond acceptors (Lipinski definition) is 6. The summed E-state index contributed by atoms with van der Waals surface area (Å²) in [5, 5.41) is 4.24. The average Bonchev–Trinajstić information content (AvgIpc) is 3.29. The first-order chi connectivity index (χ1) is 15.3. The fraction of sp³-hybridized carbons (Fsp3) is 0.318. The fourth-order valence-corrected chi connectivity index (χ4v) is 7.27. The summed E-state index contributed by atoms with van der Waals surface area (Å²) in [6.45, 7) is -0.135. The highest BCUT2D eigenvalue weighted by atomic mass is 35.5. The molecule has 0 saturated carbocycles. The SMILES string of the molecule is O=S(=O)(c1ccc(Cl)cc1)[C@@]12CCO[C@@H](Cc3ccon3)[C@@H]1COc1c(F)ccc(F)c12. The highest BCUT2D eigenvalue weighted by molar-refractivity contribution is 7.92. The Morgan fingerprint density at radius 2 is 1.84 bits per heavy atom.